The standard InChI is InChI=1S/C30H24ClN3O2/c31-26-13-8-16-28(18-26)36-21-22-9-7-12-24(17-22)30(35)32-19-25-20-34(27-14-5-2-6-15-27)33-29(25)23-10-3-1-4-11-23/h1-18,20H,19,21H2,(H,32,35). The number of hydrogen-bond acceptors (Lipinski definition) is 3. The SMILES string of the molecule is O=C(NCc1cn(-c2ccccc2)nc1-c1ccccc1)c1cccc(COc2cccc(Cl)c2)c1. The third-order valence-electron chi connectivity index (χ3n) is 5.69. The van der Waals surface area contributed by atoms with Gasteiger partial charge in [0.15, 0.2) is 0 Å². The van der Waals surface area contributed by atoms with E-state index in [1.54, 1.807) is 18.2 Å². The van der Waals surface area contributed by atoms with Crippen molar-refractivity contribution < 1.29 is 9.53 Å². The minimum atomic E-state index is -0.161. The first-order chi connectivity index (χ1) is 17.7. The van der Waals surface area contributed by atoms with Gasteiger partial charge in [-0.1, -0.05) is 78.3 Å². The van der Waals surface area contributed by atoms with Gasteiger partial charge in [-0.15, -0.1) is 0 Å². The fourth-order valence-corrected chi connectivity index (χ4v) is 4.07. The van der Waals surface area contributed by atoms with Crippen LogP contribution in [0.4, 0.5) is 0 Å². The molecule has 4 aromatic carbocycles. The van der Waals surface area contributed by atoms with Crippen LogP contribution in [0.1, 0.15) is 21.5 Å². The van der Waals surface area contributed by atoms with E-state index >= 15 is 0 Å². The lowest BCUT2D eigenvalue weighted by Crippen LogP contribution is -2.23. The van der Waals surface area contributed by atoms with Gasteiger partial charge in [0.2, 0.25) is 0 Å². The smallest absolute Gasteiger partial charge is 0.251 e. The summed E-state index contributed by atoms with van der Waals surface area (Å²) < 4.78 is 7.66. The van der Waals surface area contributed by atoms with Crippen LogP contribution in [0.3, 0.4) is 0 Å². The zero-order chi connectivity index (χ0) is 24.7. The molecule has 178 valence electrons. The summed E-state index contributed by atoms with van der Waals surface area (Å²) in [7, 11) is 0. The van der Waals surface area contributed by atoms with Gasteiger partial charge in [0.1, 0.15) is 12.4 Å². The van der Waals surface area contributed by atoms with Crippen LogP contribution >= 0.6 is 11.6 Å². The highest BCUT2D eigenvalue weighted by atomic mass is 35.5. The van der Waals surface area contributed by atoms with Gasteiger partial charge in [0, 0.05) is 34.5 Å². The topological polar surface area (TPSA) is 56.2 Å². The number of aromatic nitrogens is 2. The van der Waals surface area contributed by atoms with Gasteiger partial charge >= 0.3 is 0 Å². The van der Waals surface area contributed by atoms with E-state index in [9.17, 15) is 4.79 Å². The van der Waals surface area contributed by atoms with Crippen LogP contribution in [-0.2, 0) is 13.2 Å². The maximum atomic E-state index is 13.0. The van der Waals surface area contributed by atoms with Crippen molar-refractivity contribution in [2.75, 3.05) is 0 Å². The highest BCUT2D eigenvalue weighted by Gasteiger charge is 2.14. The van der Waals surface area contributed by atoms with Gasteiger partial charge in [-0.3, -0.25) is 4.79 Å². The second-order valence-electron chi connectivity index (χ2n) is 8.28. The van der Waals surface area contributed by atoms with Gasteiger partial charge in [-0.25, -0.2) is 4.68 Å². The fraction of sp³-hybridized carbons (Fsp3) is 0.0667. The molecule has 0 bridgehead atoms. The highest BCUT2D eigenvalue weighted by molar-refractivity contribution is 6.30. The summed E-state index contributed by atoms with van der Waals surface area (Å²) in [4.78, 5) is 13.0. The molecule has 0 aliphatic rings. The van der Waals surface area contributed by atoms with Crippen molar-refractivity contribution in [3.8, 4) is 22.7 Å². The molecule has 0 aliphatic carbocycles. The second-order valence-corrected chi connectivity index (χ2v) is 8.71. The number of carbonyl (C=O) groups is 1. The van der Waals surface area contributed by atoms with Crippen molar-refractivity contribution in [3.05, 3.63) is 137 Å². The normalized spacial score (nSPS) is 10.7. The Balaban J connectivity index is 1.31. The van der Waals surface area contributed by atoms with Gasteiger partial charge in [0.05, 0.1) is 11.4 Å². The number of amides is 1. The van der Waals surface area contributed by atoms with Crippen LogP contribution in [0.5, 0.6) is 5.75 Å². The Bertz CT molecular complexity index is 1470. The summed E-state index contributed by atoms with van der Waals surface area (Å²) in [5.74, 6) is 0.521. The number of nitrogens with one attached hydrogen (secondary N) is 1. The summed E-state index contributed by atoms with van der Waals surface area (Å²) in [6, 6.07) is 34.6. The van der Waals surface area contributed by atoms with Crippen molar-refractivity contribution in [1.82, 2.24) is 15.1 Å². The van der Waals surface area contributed by atoms with Crippen LogP contribution in [0.25, 0.3) is 16.9 Å². The van der Waals surface area contributed by atoms with Crippen LogP contribution < -0.4 is 10.1 Å². The highest BCUT2D eigenvalue weighted by Crippen LogP contribution is 2.24. The molecule has 1 N–H and O–H groups in total. The molecule has 5 rings (SSSR count). The molecule has 0 spiro atoms. The second kappa shape index (κ2) is 10.9. The molecule has 5 nitrogen and oxygen atoms in total. The van der Waals surface area contributed by atoms with E-state index < -0.39 is 0 Å². The van der Waals surface area contributed by atoms with Crippen LogP contribution in [0.15, 0.2) is 115 Å². The molecule has 0 saturated heterocycles. The average Bonchev–Trinajstić information content (AvgIpc) is 3.36. The monoisotopic (exact) mass is 493 g/mol. The third kappa shape index (κ3) is 5.65. The summed E-state index contributed by atoms with van der Waals surface area (Å²) >= 11 is 6.03. The Kier molecular flexibility index (Phi) is 7.10. The maximum absolute atomic E-state index is 13.0. The lowest BCUT2D eigenvalue weighted by Gasteiger charge is -2.09. The van der Waals surface area contributed by atoms with Crippen molar-refractivity contribution >= 4 is 17.5 Å². The van der Waals surface area contributed by atoms with Crippen molar-refractivity contribution in [2.45, 2.75) is 13.2 Å². The zero-order valence-corrected chi connectivity index (χ0v) is 20.2. The number of rotatable bonds is 8. The number of hydrogen-bond donors (Lipinski definition) is 1. The van der Waals surface area contributed by atoms with E-state index in [1.807, 2.05) is 102 Å². The Morgan fingerprint density at radius 1 is 0.861 bits per heavy atom. The summed E-state index contributed by atoms with van der Waals surface area (Å²) in [6.07, 6.45) is 1.97. The number of nitrogens with zero attached hydrogens (tertiary/aromatic N) is 2. The van der Waals surface area contributed by atoms with E-state index in [-0.39, 0.29) is 5.91 Å². The molecule has 1 aromatic heterocycles. The van der Waals surface area contributed by atoms with Crippen molar-refractivity contribution in [3.63, 3.8) is 0 Å². The minimum absolute atomic E-state index is 0.161. The van der Waals surface area contributed by atoms with Gasteiger partial charge in [0.25, 0.3) is 5.91 Å². The molecule has 36 heavy (non-hydrogen) atoms. The Labute approximate surface area is 214 Å². The van der Waals surface area contributed by atoms with Crippen LogP contribution in [0.2, 0.25) is 5.02 Å². The van der Waals surface area contributed by atoms with Crippen LogP contribution in [0, 0.1) is 0 Å². The zero-order valence-electron chi connectivity index (χ0n) is 19.5. The molecule has 0 saturated carbocycles. The van der Waals surface area contributed by atoms with E-state index in [4.69, 9.17) is 21.4 Å². The summed E-state index contributed by atoms with van der Waals surface area (Å²) in [5.41, 5.74) is 5.18. The van der Waals surface area contributed by atoms with E-state index in [1.165, 1.54) is 0 Å². The number of halogens is 1. The predicted octanol–water partition coefficient (Wildman–Crippen LogP) is 6.70. The summed E-state index contributed by atoms with van der Waals surface area (Å²) in [5, 5.41) is 8.48. The van der Waals surface area contributed by atoms with Crippen LogP contribution in [-0.4, -0.2) is 15.7 Å². The Morgan fingerprint density at radius 2 is 1.61 bits per heavy atom. The first-order valence-electron chi connectivity index (χ1n) is 11.6. The van der Waals surface area contributed by atoms with E-state index in [0.717, 1.165) is 28.1 Å². The molecule has 0 atom stereocenters. The van der Waals surface area contributed by atoms with Gasteiger partial charge < -0.3 is 10.1 Å². The Hall–Kier alpha value is -4.35. The molecule has 0 fully saturated rings. The van der Waals surface area contributed by atoms with Crippen molar-refractivity contribution in [1.29, 1.82) is 0 Å². The fourth-order valence-electron chi connectivity index (χ4n) is 3.89. The summed E-state index contributed by atoms with van der Waals surface area (Å²) in [6.45, 7) is 0.683. The minimum Gasteiger partial charge on any atom is -0.489 e. The molecule has 0 radical (unpaired) electrons. The van der Waals surface area contributed by atoms with E-state index in [0.29, 0.717) is 29.5 Å². The molecule has 5 aromatic rings. The largest absolute Gasteiger partial charge is 0.489 e. The molecule has 6 heteroatoms. The predicted molar refractivity (Wildman–Crippen MR) is 142 cm³/mol. The number of carbonyl (C=O) groups excluding carboxylic acids is 1. The molecule has 0 unspecified atom stereocenters. The molecule has 0 aliphatic heterocycles. The average molecular weight is 494 g/mol. The molecule has 1 heterocycles. The van der Waals surface area contributed by atoms with E-state index in [2.05, 4.69) is 5.32 Å². The lowest BCUT2D eigenvalue weighted by atomic mass is 10.1. The molecule has 1 amide bonds. The number of para-hydroxylation sites is 1. The first kappa shape index (κ1) is 23.4. The number of ether oxygens (including phenoxy) is 1. The number of benzene rings is 4. The van der Waals surface area contributed by atoms with Gasteiger partial charge in [-0.2, -0.15) is 5.10 Å². The third-order valence-corrected chi connectivity index (χ3v) is 5.92. The quantitative estimate of drug-likeness (QED) is 0.261. The van der Waals surface area contributed by atoms with Gasteiger partial charge in [-0.05, 0) is 48.0 Å². The lowest BCUT2D eigenvalue weighted by molar-refractivity contribution is 0.0951. The molecular formula is C30H24ClN3O2. The maximum Gasteiger partial charge on any atom is 0.251 e. The Morgan fingerprint density at radius 3 is 2.39 bits per heavy atom. The first-order valence-corrected chi connectivity index (χ1v) is 12.0. The molecular weight excluding hydrogens is 470 g/mol. The van der Waals surface area contributed by atoms with Crippen molar-refractivity contribution in [2.24, 2.45) is 0 Å².